The van der Waals surface area contributed by atoms with E-state index < -0.39 is 15.3 Å². The summed E-state index contributed by atoms with van der Waals surface area (Å²) in [7, 11) is -1.68. The van der Waals surface area contributed by atoms with Crippen LogP contribution in [0, 0.1) is 0 Å². The molecule has 5 nitrogen and oxygen atoms in total. The summed E-state index contributed by atoms with van der Waals surface area (Å²) in [5, 5.41) is -0.546. The van der Waals surface area contributed by atoms with Crippen LogP contribution in [0.3, 0.4) is 0 Å². The van der Waals surface area contributed by atoms with Gasteiger partial charge in [-0.1, -0.05) is 0 Å². The van der Waals surface area contributed by atoms with E-state index in [0.717, 1.165) is 19.3 Å². The Kier molecular flexibility index (Phi) is 4.51. The molecule has 6 heteroatoms. The summed E-state index contributed by atoms with van der Waals surface area (Å²) >= 11 is 0. The summed E-state index contributed by atoms with van der Waals surface area (Å²) < 4.78 is 31.4. The number of rotatable bonds is 5. The molecule has 1 fully saturated rings. The molecule has 15 heavy (non-hydrogen) atoms. The highest BCUT2D eigenvalue weighted by Crippen LogP contribution is 2.22. The zero-order valence-electron chi connectivity index (χ0n) is 9.27. The Balaban J connectivity index is 2.61. The van der Waals surface area contributed by atoms with Gasteiger partial charge in [-0.15, -0.1) is 0 Å². The molecule has 0 saturated heterocycles. The number of sulfonamides is 1. The van der Waals surface area contributed by atoms with Crippen LogP contribution < -0.4 is 10.5 Å². The van der Waals surface area contributed by atoms with Crippen molar-refractivity contribution in [1.82, 2.24) is 4.72 Å². The van der Waals surface area contributed by atoms with Gasteiger partial charge in [0.25, 0.3) is 0 Å². The van der Waals surface area contributed by atoms with Crippen LogP contribution in [-0.2, 0) is 14.8 Å². The van der Waals surface area contributed by atoms with E-state index in [-0.39, 0.29) is 18.7 Å². The molecule has 0 aromatic carbocycles. The van der Waals surface area contributed by atoms with Gasteiger partial charge in [0, 0.05) is 19.7 Å². The predicted molar refractivity (Wildman–Crippen MR) is 59.0 cm³/mol. The third-order valence-corrected chi connectivity index (χ3v) is 4.82. The molecule has 1 saturated carbocycles. The molecule has 1 rings (SSSR count). The van der Waals surface area contributed by atoms with Gasteiger partial charge in [-0.05, 0) is 26.2 Å². The lowest BCUT2D eigenvalue weighted by atomic mass is 10.2. The molecule has 90 valence electrons. The van der Waals surface area contributed by atoms with Crippen LogP contribution in [0.4, 0.5) is 0 Å². The monoisotopic (exact) mass is 236 g/mol. The Morgan fingerprint density at radius 3 is 2.73 bits per heavy atom. The standard InChI is InChI=1S/C9H20N2O3S/c1-7(6-10)15(12,13)11-8-4-3-5-9(8)14-2/h7-9,11H,3-6,10H2,1-2H3. The van der Waals surface area contributed by atoms with Crippen molar-refractivity contribution < 1.29 is 13.2 Å². The van der Waals surface area contributed by atoms with Crippen molar-refractivity contribution in [1.29, 1.82) is 0 Å². The largest absolute Gasteiger partial charge is 0.380 e. The summed E-state index contributed by atoms with van der Waals surface area (Å²) in [4.78, 5) is 0. The van der Waals surface area contributed by atoms with E-state index in [9.17, 15) is 8.42 Å². The van der Waals surface area contributed by atoms with Gasteiger partial charge in [0.15, 0.2) is 0 Å². The van der Waals surface area contributed by atoms with Crippen LogP contribution in [0.15, 0.2) is 0 Å². The summed E-state index contributed by atoms with van der Waals surface area (Å²) in [6.45, 7) is 1.75. The predicted octanol–water partition coefficient (Wildman–Crippen LogP) is -0.179. The van der Waals surface area contributed by atoms with Crippen LogP contribution in [0.1, 0.15) is 26.2 Å². The van der Waals surface area contributed by atoms with Crippen LogP contribution in [0.25, 0.3) is 0 Å². The SMILES string of the molecule is COC1CCCC1NS(=O)(=O)C(C)CN. The molecule has 0 aliphatic heterocycles. The Morgan fingerprint density at radius 1 is 1.53 bits per heavy atom. The number of ether oxygens (including phenoxy) is 1. The van der Waals surface area contributed by atoms with E-state index in [0.29, 0.717) is 0 Å². The maximum atomic E-state index is 11.7. The van der Waals surface area contributed by atoms with E-state index in [2.05, 4.69) is 4.72 Å². The quantitative estimate of drug-likeness (QED) is 0.694. The topological polar surface area (TPSA) is 81.4 Å². The fourth-order valence-corrected chi connectivity index (χ4v) is 2.97. The van der Waals surface area contributed by atoms with Gasteiger partial charge >= 0.3 is 0 Å². The first-order valence-electron chi connectivity index (χ1n) is 5.25. The number of hydrogen-bond donors (Lipinski definition) is 2. The normalized spacial score (nSPS) is 29.3. The molecule has 0 heterocycles. The van der Waals surface area contributed by atoms with Gasteiger partial charge in [0.2, 0.25) is 10.0 Å². The van der Waals surface area contributed by atoms with Crippen molar-refractivity contribution in [2.75, 3.05) is 13.7 Å². The van der Waals surface area contributed by atoms with Crippen molar-refractivity contribution in [3.05, 3.63) is 0 Å². The summed E-state index contributed by atoms with van der Waals surface area (Å²) in [5.74, 6) is 0. The zero-order valence-corrected chi connectivity index (χ0v) is 10.1. The maximum Gasteiger partial charge on any atom is 0.215 e. The highest BCUT2D eigenvalue weighted by Gasteiger charge is 2.32. The van der Waals surface area contributed by atoms with Gasteiger partial charge < -0.3 is 10.5 Å². The third-order valence-electron chi connectivity index (χ3n) is 2.93. The van der Waals surface area contributed by atoms with Crippen molar-refractivity contribution in [2.45, 2.75) is 43.6 Å². The van der Waals surface area contributed by atoms with E-state index in [1.165, 1.54) is 0 Å². The Bertz CT molecular complexity index is 292. The lowest BCUT2D eigenvalue weighted by Crippen LogP contribution is -2.46. The molecule has 0 radical (unpaired) electrons. The summed E-state index contributed by atoms with van der Waals surface area (Å²) in [6, 6.07) is -0.0889. The molecule has 0 amide bonds. The van der Waals surface area contributed by atoms with Gasteiger partial charge in [-0.25, -0.2) is 13.1 Å². The van der Waals surface area contributed by atoms with Crippen LogP contribution in [-0.4, -0.2) is 39.5 Å². The third kappa shape index (κ3) is 3.14. The second-order valence-electron chi connectivity index (χ2n) is 4.02. The molecule has 3 atom stereocenters. The Hall–Kier alpha value is -0.170. The zero-order chi connectivity index (χ0) is 11.5. The van der Waals surface area contributed by atoms with Crippen molar-refractivity contribution in [3.63, 3.8) is 0 Å². The number of nitrogens with two attached hydrogens (primary N) is 1. The van der Waals surface area contributed by atoms with E-state index in [1.54, 1.807) is 14.0 Å². The second-order valence-corrected chi connectivity index (χ2v) is 6.15. The number of hydrogen-bond acceptors (Lipinski definition) is 4. The molecule has 1 aliphatic rings. The summed E-state index contributed by atoms with van der Waals surface area (Å²) in [5.41, 5.74) is 5.35. The van der Waals surface area contributed by atoms with E-state index >= 15 is 0 Å². The lowest BCUT2D eigenvalue weighted by Gasteiger charge is -2.21. The van der Waals surface area contributed by atoms with Gasteiger partial charge in [0.1, 0.15) is 0 Å². The maximum absolute atomic E-state index is 11.7. The minimum atomic E-state index is -3.29. The molecular formula is C9H20N2O3S. The van der Waals surface area contributed by atoms with Crippen LogP contribution in [0.5, 0.6) is 0 Å². The van der Waals surface area contributed by atoms with Gasteiger partial charge in [0.05, 0.1) is 11.4 Å². The van der Waals surface area contributed by atoms with Gasteiger partial charge in [-0.3, -0.25) is 0 Å². The first-order valence-corrected chi connectivity index (χ1v) is 6.80. The van der Waals surface area contributed by atoms with E-state index in [4.69, 9.17) is 10.5 Å². The van der Waals surface area contributed by atoms with Crippen molar-refractivity contribution in [2.24, 2.45) is 5.73 Å². The average Bonchev–Trinajstić information content (AvgIpc) is 2.63. The van der Waals surface area contributed by atoms with E-state index in [1.807, 2.05) is 0 Å². The number of nitrogens with one attached hydrogen (secondary N) is 1. The fraction of sp³-hybridized carbons (Fsp3) is 1.00. The molecule has 0 bridgehead atoms. The first kappa shape index (κ1) is 12.9. The van der Waals surface area contributed by atoms with Crippen molar-refractivity contribution in [3.8, 4) is 0 Å². The molecule has 3 N–H and O–H groups in total. The average molecular weight is 236 g/mol. The minimum Gasteiger partial charge on any atom is -0.380 e. The van der Waals surface area contributed by atoms with Crippen LogP contribution in [0.2, 0.25) is 0 Å². The highest BCUT2D eigenvalue weighted by molar-refractivity contribution is 7.90. The van der Waals surface area contributed by atoms with Crippen LogP contribution >= 0.6 is 0 Å². The van der Waals surface area contributed by atoms with Crippen molar-refractivity contribution >= 4 is 10.0 Å². The first-order chi connectivity index (χ1) is 7.01. The lowest BCUT2D eigenvalue weighted by molar-refractivity contribution is 0.0916. The summed E-state index contributed by atoms with van der Waals surface area (Å²) in [6.07, 6.45) is 2.77. The Labute approximate surface area is 91.4 Å². The smallest absolute Gasteiger partial charge is 0.215 e. The number of methoxy groups -OCH3 is 1. The highest BCUT2D eigenvalue weighted by atomic mass is 32.2. The molecule has 0 aromatic heterocycles. The Morgan fingerprint density at radius 2 is 2.20 bits per heavy atom. The molecule has 1 aliphatic carbocycles. The van der Waals surface area contributed by atoms with Gasteiger partial charge in [-0.2, -0.15) is 0 Å². The molecule has 0 spiro atoms. The fourth-order valence-electron chi connectivity index (χ4n) is 1.80. The second kappa shape index (κ2) is 5.25. The molecular weight excluding hydrogens is 216 g/mol. The molecule has 0 aromatic rings. The minimum absolute atomic E-state index is 0.00440. The molecule has 3 unspecified atom stereocenters.